The lowest BCUT2D eigenvalue weighted by Gasteiger charge is -2.03. The van der Waals surface area contributed by atoms with E-state index in [9.17, 15) is 13.6 Å². The largest absolute Gasteiger partial charge is 0.299 e. The summed E-state index contributed by atoms with van der Waals surface area (Å²) in [5, 5.41) is 0. The number of benzene rings is 2. The molecule has 0 N–H and O–H groups in total. The number of ketones is 1. The zero-order valence-electron chi connectivity index (χ0n) is 10.00. The first kappa shape index (κ1) is 14.1. The van der Waals surface area contributed by atoms with Gasteiger partial charge in [-0.15, -0.1) is 0 Å². The lowest BCUT2D eigenvalue weighted by molar-refractivity contribution is -0.117. The van der Waals surface area contributed by atoms with E-state index in [4.69, 9.17) is 0 Å². The zero-order chi connectivity index (χ0) is 13.8. The van der Waals surface area contributed by atoms with E-state index in [1.165, 1.54) is 12.1 Å². The Hall–Kier alpha value is -1.30. The van der Waals surface area contributed by atoms with E-state index in [1.807, 2.05) is 24.3 Å². The van der Waals surface area contributed by atoms with Gasteiger partial charge in [-0.25, -0.2) is 8.78 Å². The number of hydrogen-bond acceptors (Lipinski definition) is 1. The number of carbonyl (C=O) groups excluding carboxylic acids is 1. The second kappa shape index (κ2) is 6.23. The van der Waals surface area contributed by atoms with Gasteiger partial charge in [-0.3, -0.25) is 4.79 Å². The van der Waals surface area contributed by atoms with Crippen LogP contribution >= 0.6 is 22.6 Å². The summed E-state index contributed by atoms with van der Waals surface area (Å²) in [6.07, 6.45) is 0.315. The Morgan fingerprint density at radius 1 is 0.895 bits per heavy atom. The molecule has 0 aliphatic rings. The first-order valence-electron chi connectivity index (χ1n) is 5.74. The van der Waals surface area contributed by atoms with Crippen LogP contribution in [-0.2, 0) is 17.6 Å². The molecule has 4 heteroatoms. The van der Waals surface area contributed by atoms with Gasteiger partial charge in [-0.05, 0) is 58.0 Å². The summed E-state index contributed by atoms with van der Waals surface area (Å²) >= 11 is 2.19. The van der Waals surface area contributed by atoms with Gasteiger partial charge in [-0.2, -0.15) is 0 Å². The van der Waals surface area contributed by atoms with Gasteiger partial charge in [0, 0.05) is 22.5 Å². The fourth-order valence-corrected chi connectivity index (χ4v) is 2.19. The topological polar surface area (TPSA) is 17.1 Å². The molecule has 19 heavy (non-hydrogen) atoms. The smallest absolute Gasteiger partial charge is 0.141 e. The summed E-state index contributed by atoms with van der Waals surface area (Å²) in [5.74, 6) is -1.37. The van der Waals surface area contributed by atoms with Crippen LogP contribution in [-0.4, -0.2) is 5.78 Å². The standard InChI is InChI=1S/C15H11F2IO/c16-12-5-11(6-13(17)9-12)8-15(19)7-10-1-3-14(18)4-2-10/h1-6,9H,7-8H2. The highest BCUT2D eigenvalue weighted by Gasteiger charge is 2.08. The zero-order valence-corrected chi connectivity index (χ0v) is 12.2. The maximum absolute atomic E-state index is 13.0. The number of Topliss-reactive ketones (excluding diaryl/α,β-unsaturated/α-hetero) is 1. The molecule has 2 aromatic rings. The van der Waals surface area contributed by atoms with Gasteiger partial charge in [-0.1, -0.05) is 12.1 Å². The summed E-state index contributed by atoms with van der Waals surface area (Å²) in [4.78, 5) is 11.8. The van der Waals surface area contributed by atoms with Crippen molar-refractivity contribution in [2.45, 2.75) is 12.8 Å². The van der Waals surface area contributed by atoms with Crippen LogP contribution in [0.5, 0.6) is 0 Å². The quantitative estimate of drug-likeness (QED) is 0.744. The molecule has 0 heterocycles. The third-order valence-corrected chi connectivity index (χ3v) is 3.36. The Bertz CT molecular complexity index is 573. The summed E-state index contributed by atoms with van der Waals surface area (Å²) in [5.41, 5.74) is 1.27. The molecule has 0 spiro atoms. The van der Waals surface area contributed by atoms with Gasteiger partial charge >= 0.3 is 0 Å². The third kappa shape index (κ3) is 4.38. The minimum Gasteiger partial charge on any atom is -0.299 e. The van der Waals surface area contributed by atoms with Crippen molar-refractivity contribution < 1.29 is 13.6 Å². The van der Waals surface area contributed by atoms with Crippen LogP contribution in [0, 0.1) is 15.2 Å². The molecule has 0 aromatic heterocycles. The molecule has 0 radical (unpaired) electrons. The van der Waals surface area contributed by atoms with Gasteiger partial charge in [0.25, 0.3) is 0 Å². The fraction of sp³-hybridized carbons (Fsp3) is 0.133. The minimum atomic E-state index is -0.655. The average Bonchev–Trinajstić information content (AvgIpc) is 2.30. The number of carbonyl (C=O) groups is 1. The van der Waals surface area contributed by atoms with E-state index in [2.05, 4.69) is 22.6 Å². The average molecular weight is 372 g/mol. The first-order chi connectivity index (χ1) is 9.02. The molecule has 0 atom stereocenters. The Labute approximate surface area is 123 Å². The van der Waals surface area contributed by atoms with E-state index >= 15 is 0 Å². The van der Waals surface area contributed by atoms with Crippen LogP contribution in [0.4, 0.5) is 8.78 Å². The Morgan fingerprint density at radius 2 is 1.42 bits per heavy atom. The number of rotatable bonds is 4. The molecule has 2 rings (SSSR count). The predicted octanol–water partition coefficient (Wildman–Crippen LogP) is 3.92. The number of halogens is 3. The monoisotopic (exact) mass is 372 g/mol. The summed E-state index contributed by atoms with van der Waals surface area (Å²) in [6.45, 7) is 0. The van der Waals surface area contributed by atoms with E-state index < -0.39 is 11.6 Å². The molecule has 0 aliphatic heterocycles. The van der Waals surface area contributed by atoms with Crippen molar-refractivity contribution in [1.29, 1.82) is 0 Å². The van der Waals surface area contributed by atoms with Crippen LogP contribution < -0.4 is 0 Å². The van der Waals surface area contributed by atoms with Crippen molar-refractivity contribution in [3.8, 4) is 0 Å². The summed E-state index contributed by atoms with van der Waals surface area (Å²) < 4.78 is 27.1. The minimum absolute atomic E-state index is 0.0423. The molecule has 0 fully saturated rings. The SMILES string of the molecule is O=C(Cc1ccc(I)cc1)Cc1cc(F)cc(F)c1. The fourth-order valence-electron chi connectivity index (χ4n) is 1.83. The van der Waals surface area contributed by atoms with Crippen molar-refractivity contribution in [3.05, 3.63) is 68.8 Å². The maximum Gasteiger partial charge on any atom is 0.141 e. The Kier molecular flexibility index (Phi) is 4.63. The predicted molar refractivity (Wildman–Crippen MR) is 77.9 cm³/mol. The highest BCUT2D eigenvalue weighted by atomic mass is 127. The summed E-state index contributed by atoms with van der Waals surface area (Å²) in [7, 11) is 0. The Balaban J connectivity index is 2.03. The molecule has 0 aliphatic carbocycles. The second-order valence-electron chi connectivity index (χ2n) is 4.30. The van der Waals surface area contributed by atoms with Crippen molar-refractivity contribution in [2.75, 3.05) is 0 Å². The van der Waals surface area contributed by atoms with Gasteiger partial charge in [0.15, 0.2) is 0 Å². The molecule has 98 valence electrons. The third-order valence-electron chi connectivity index (χ3n) is 2.64. The van der Waals surface area contributed by atoms with Crippen molar-refractivity contribution >= 4 is 28.4 Å². The Morgan fingerprint density at radius 3 is 2.00 bits per heavy atom. The maximum atomic E-state index is 13.0. The molecule has 0 saturated heterocycles. The normalized spacial score (nSPS) is 10.5. The van der Waals surface area contributed by atoms with Gasteiger partial charge in [0.05, 0.1) is 0 Å². The van der Waals surface area contributed by atoms with E-state index in [0.29, 0.717) is 5.56 Å². The highest BCUT2D eigenvalue weighted by molar-refractivity contribution is 14.1. The molecular weight excluding hydrogens is 361 g/mol. The van der Waals surface area contributed by atoms with Crippen LogP contribution in [0.25, 0.3) is 0 Å². The first-order valence-corrected chi connectivity index (χ1v) is 6.82. The molecule has 1 nitrogen and oxygen atoms in total. The van der Waals surface area contributed by atoms with Crippen LogP contribution in [0.1, 0.15) is 11.1 Å². The van der Waals surface area contributed by atoms with Crippen molar-refractivity contribution in [1.82, 2.24) is 0 Å². The number of hydrogen-bond donors (Lipinski definition) is 0. The van der Waals surface area contributed by atoms with Crippen LogP contribution in [0.2, 0.25) is 0 Å². The molecule has 0 unspecified atom stereocenters. The van der Waals surface area contributed by atoms with E-state index in [1.54, 1.807) is 0 Å². The molecule has 0 bridgehead atoms. The van der Waals surface area contributed by atoms with E-state index in [0.717, 1.165) is 15.2 Å². The van der Waals surface area contributed by atoms with Crippen molar-refractivity contribution in [3.63, 3.8) is 0 Å². The van der Waals surface area contributed by atoms with Gasteiger partial charge in [0.1, 0.15) is 17.4 Å². The highest BCUT2D eigenvalue weighted by Crippen LogP contribution is 2.12. The van der Waals surface area contributed by atoms with E-state index in [-0.39, 0.29) is 18.6 Å². The van der Waals surface area contributed by atoms with Gasteiger partial charge < -0.3 is 0 Å². The lowest BCUT2D eigenvalue weighted by Crippen LogP contribution is -2.07. The second-order valence-corrected chi connectivity index (χ2v) is 5.54. The molecule has 0 saturated carbocycles. The molecule has 2 aromatic carbocycles. The van der Waals surface area contributed by atoms with Gasteiger partial charge in [0.2, 0.25) is 0 Å². The molecule has 0 amide bonds. The van der Waals surface area contributed by atoms with Crippen molar-refractivity contribution in [2.24, 2.45) is 0 Å². The summed E-state index contributed by atoms with van der Waals surface area (Å²) in [6, 6.07) is 10.8. The lowest BCUT2D eigenvalue weighted by atomic mass is 10.0. The molecular formula is C15H11F2IO. The van der Waals surface area contributed by atoms with Crippen LogP contribution in [0.3, 0.4) is 0 Å². The van der Waals surface area contributed by atoms with Crippen LogP contribution in [0.15, 0.2) is 42.5 Å².